The standard InChI is InChI=1S/C20H37N5O9/c1-7(26)25-17-14(29)19(31-6-20(17,2)30)34-16-11(24)12(27)10(23)15(13(16)28)33-18-9(22)4-3-8(5-21)32-18/h3,9-19,27-30H,4-6,21-24H2,1-2H3,(H,25,26). The number of aliphatic hydroxyl groups excluding tert-OH is 3. The molecule has 2 fully saturated rings. The maximum absolute atomic E-state index is 11.6. The number of ether oxygens (including phenoxy) is 4. The lowest BCUT2D eigenvalue weighted by Crippen LogP contribution is -2.73. The Labute approximate surface area is 197 Å². The molecule has 0 aromatic rings. The number of hydrogen-bond acceptors (Lipinski definition) is 13. The molecule has 196 valence electrons. The maximum Gasteiger partial charge on any atom is 0.217 e. The van der Waals surface area contributed by atoms with E-state index in [-0.39, 0.29) is 13.2 Å². The molecule has 1 saturated carbocycles. The third kappa shape index (κ3) is 5.52. The average molecular weight is 492 g/mol. The molecular formula is C20H37N5O9. The first kappa shape index (κ1) is 27.2. The second kappa shape index (κ2) is 10.7. The Hall–Kier alpha value is -1.43. The van der Waals surface area contributed by atoms with Crippen LogP contribution in [-0.2, 0) is 23.7 Å². The SMILES string of the molecule is CC(=O)NC1C(O)C(OC2C(N)C(O)C(N)C(OC3OC(CN)=CCC3N)C2O)OCC1(C)O. The van der Waals surface area contributed by atoms with Crippen molar-refractivity contribution in [3.8, 4) is 0 Å². The molecule has 0 bridgehead atoms. The van der Waals surface area contributed by atoms with Gasteiger partial charge >= 0.3 is 0 Å². The zero-order chi connectivity index (χ0) is 25.4. The number of nitrogens with two attached hydrogens (primary N) is 4. The van der Waals surface area contributed by atoms with E-state index in [0.29, 0.717) is 12.2 Å². The van der Waals surface area contributed by atoms with Gasteiger partial charge in [0.25, 0.3) is 0 Å². The number of hydrogen-bond donors (Lipinski definition) is 9. The Kier molecular flexibility index (Phi) is 8.53. The third-order valence-electron chi connectivity index (χ3n) is 6.43. The molecule has 34 heavy (non-hydrogen) atoms. The normalized spacial score (nSPS) is 47.5. The van der Waals surface area contributed by atoms with Gasteiger partial charge in [-0.25, -0.2) is 0 Å². The minimum Gasteiger partial charge on any atom is -0.467 e. The van der Waals surface area contributed by atoms with Crippen molar-refractivity contribution < 1.29 is 44.2 Å². The fourth-order valence-corrected chi connectivity index (χ4v) is 4.41. The van der Waals surface area contributed by atoms with E-state index in [0.717, 1.165) is 0 Å². The van der Waals surface area contributed by atoms with E-state index in [2.05, 4.69) is 5.32 Å². The van der Waals surface area contributed by atoms with Crippen molar-refractivity contribution in [1.29, 1.82) is 0 Å². The fraction of sp³-hybridized carbons (Fsp3) is 0.850. The van der Waals surface area contributed by atoms with Crippen LogP contribution in [0.5, 0.6) is 0 Å². The lowest BCUT2D eigenvalue weighted by atomic mass is 9.81. The molecule has 1 amide bonds. The second-order valence-electron chi connectivity index (χ2n) is 9.30. The largest absolute Gasteiger partial charge is 0.467 e. The van der Waals surface area contributed by atoms with Gasteiger partial charge in [0.05, 0.1) is 43.4 Å². The van der Waals surface area contributed by atoms with Crippen LogP contribution in [0.1, 0.15) is 20.3 Å². The summed E-state index contributed by atoms with van der Waals surface area (Å²) in [5.41, 5.74) is 22.3. The molecule has 3 rings (SSSR count). The summed E-state index contributed by atoms with van der Waals surface area (Å²) in [6.45, 7) is 2.45. The predicted molar refractivity (Wildman–Crippen MR) is 116 cm³/mol. The molecule has 12 unspecified atom stereocenters. The summed E-state index contributed by atoms with van der Waals surface area (Å²) in [4.78, 5) is 11.6. The molecule has 1 aliphatic carbocycles. The zero-order valence-electron chi connectivity index (χ0n) is 19.2. The summed E-state index contributed by atoms with van der Waals surface area (Å²) in [6, 6.07) is -4.00. The van der Waals surface area contributed by atoms with Crippen LogP contribution in [0.2, 0.25) is 0 Å². The van der Waals surface area contributed by atoms with Gasteiger partial charge in [-0.15, -0.1) is 0 Å². The summed E-state index contributed by atoms with van der Waals surface area (Å²) >= 11 is 0. The quantitative estimate of drug-likeness (QED) is 0.169. The van der Waals surface area contributed by atoms with Gasteiger partial charge in [0.15, 0.2) is 6.29 Å². The van der Waals surface area contributed by atoms with Gasteiger partial charge in [-0.2, -0.15) is 0 Å². The van der Waals surface area contributed by atoms with Gasteiger partial charge in [-0.1, -0.05) is 0 Å². The number of carbonyl (C=O) groups excluding carboxylic acids is 1. The van der Waals surface area contributed by atoms with Crippen molar-refractivity contribution in [3.05, 3.63) is 11.8 Å². The van der Waals surface area contributed by atoms with Crippen molar-refractivity contribution >= 4 is 5.91 Å². The molecule has 1 saturated heterocycles. The Bertz CT molecular complexity index is 756. The molecule has 2 aliphatic heterocycles. The van der Waals surface area contributed by atoms with Crippen LogP contribution in [-0.4, -0.2) is 112 Å². The predicted octanol–water partition coefficient (Wildman–Crippen LogP) is -4.96. The highest BCUT2D eigenvalue weighted by molar-refractivity contribution is 5.73. The molecule has 0 aromatic carbocycles. The summed E-state index contributed by atoms with van der Waals surface area (Å²) in [5, 5.41) is 45.4. The molecule has 2 heterocycles. The van der Waals surface area contributed by atoms with Crippen molar-refractivity contribution in [2.45, 2.75) is 93.1 Å². The highest BCUT2D eigenvalue weighted by Crippen LogP contribution is 2.31. The molecule has 0 aromatic heterocycles. The third-order valence-corrected chi connectivity index (χ3v) is 6.43. The Balaban J connectivity index is 1.76. The first-order chi connectivity index (χ1) is 15.9. The van der Waals surface area contributed by atoms with Gasteiger partial charge in [0.1, 0.15) is 35.8 Å². The highest BCUT2D eigenvalue weighted by Gasteiger charge is 2.53. The van der Waals surface area contributed by atoms with Gasteiger partial charge in [0, 0.05) is 6.92 Å². The lowest BCUT2D eigenvalue weighted by molar-refractivity contribution is -0.308. The lowest BCUT2D eigenvalue weighted by Gasteiger charge is -2.49. The van der Waals surface area contributed by atoms with Gasteiger partial charge < -0.3 is 67.6 Å². The van der Waals surface area contributed by atoms with E-state index in [1.54, 1.807) is 6.08 Å². The van der Waals surface area contributed by atoms with E-state index < -0.39 is 78.8 Å². The molecular weight excluding hydrogens is 454 g/mol. The maximum atomic E-state index is 11.6. The van der Waals surface area contributed by atoms with Crippen LogP contribution >= 0.6 is 0 Å². The van der Waals surface area contributed by atoms with Gasteiger partial charge in [0.2, 0.25) is 12.2 Å². The second-order valence-corrected chi connectivity index (χ2v) is 9.30. The Morgan fingerprint density at radius 2 is 1.71 bits per heavy atom. The van der Waals surface area contributed by atoms with Gasteiger partial charge in [-0.05, 0) is 19.4 Å². The van der Waals surface area contributed by atoms with Crippen LogP contribution in [0.4, 0.5) is 0 Å². The van der Waals surface area contributed by atoms with E-state index in [9.17, 15) is 25.2 Å². The molecule has 3 aliphatic rings. The van der Waals surface area contributed by atoms with Crippen molar-refractivity contribution in [1.82, 2.24) is 5.32 Å². The number of rotatable bonds is 6. The van der Waals surface area contributed by atoms with Crippen molar-refractivity contribution in [2.24, 2.45) is 22.9 Å². The van der Waals surface area contributed by atoms with Gasteiger partial charge in [-0.3, -0.25) is 4.79 Å². The summed E-state index contributed by atoms with van der Waals surface area (Å²) in [6.07, 6.45) is -7.10. The first-order valence-electron chi connectivity index (χ1n) is 11.2. The molecule has 13 N–H and O–H groups in total. The molecule has 14 nitrogen and oxygen atoms in total. The highest BCUT2D eigenvalue weighted by atomic mass is 16.7. The summed E-state index contributed by atoms with van der Waals surface area (Å²) in [7, 11) is 0. The monoisotopic (exact) mass is 491 g/mol. The van der Waals surface area contributed by atoms with E-state index in [1.165, 1.54) is 13.8 Å². The van der Waals surface area contributed by atoms with Crippen molar-refractivity contribution in [3.63, 3.8) is 0 Å². The summed E-state index contributed by atoms with van der Waals surface area (Å²) in [5.74, 6) is -0.0191. The van der Waals surface area contributed by atoms with Crippen LogP contribution in [0.25, 0.3) is 0 Å². The van der Waals surface area contributed by atoms with Crippen LogP contribution in [0.15, 0.2) is 11.8 Å². The number of aliphatic hydroxyl groups is 4. The smallest absolute Gasteiger partial charge is 0.217 e. The van der Waals surface area contributed by atoms with E-state index >= 15 is 0 Å². The minimum absolute atomic E-state index is 0.126. The topological polar surface area (TPSA) is 251 Å². The molecule has 12 atom stereocenters. The fourth-order valence-electron chi connectivity index (χ4n) is 4.41. The first-order valence-corrected chi connectivity index (χ1v) is 11.2. The number of amides is 1. The van der Waals surface area contributed by atoms with E-state index in [4.69, 9.17) is 41.9 Å². The summed E-state index contributed by atoms with van der Waals surface area (Å²) < 4.78 is 22.7. The average Bonchev–Trinajstić information content (AvgIpc) is 2.78. The Morgan fingerprint density at radius 3 is 2.26 bits per heavy atom. The zero-order valence-corrected chi connectivity index (χ0v) is 19.2. The number of nitrogens with one attached hydrogen (secondary N) is 1. The van der Waals surface area contributed by atoms with Crippen LogP contribution in [0, 0.1) is 0 Å². The van der Waals surface area contributed by atoms with Crippen LogP contribution < -0.4 is 28.3 Å². The minimum atomic E-state index is -1.59. The Morgan fingerprint density at radius 1 is 1.12 bits per heavy atom. The molecule has 14 heteroatoms. The molecule has 0 spiro atoms. The molecule has 0 radical (unpaired) electrons. The van der Waals surface area contributed by atoms with Crippen LogP contribution in [0.3, 0.4) is 0 Å². The number of carbonyl (C=O) groups is 1. The van der Waals surface area contributed by atoms with Crippen molar-refractivity contribution in [2.75, 3.05) is 13.2 Å². The van der Waals surface area contributed by atoms with E-state index in [1.807, 2.05) is 0 Å².